The summed E-state index contributed by atoms with van der Waals surface area (Å²) in [5, 5.41) is 23.6. The number of phenolic OH excluding ortho intramolecular Hbond substituents is 2. The summed E-state index contributed by atoms with van der Waals surface area (Å²) in [6.07, 6.45) is 5.80. The van der Waals surface area contributed by atoms with Crippen LogP contribution >= 0.6 is 0 Å². The summed E-state index contributed by atoms with van der Waals surface area (Å²) in [4.78, 5) is 0. The van der Waals surface area contributed by atoms with E-state index >= 15 is 0 Å². The van der Waals surface area contributed by atoms with Crippen LogP contribution in [0.25, 0.3) is 32.7 Å². The van der Waals surface area contributed by atoms with Crippen LogP contribution in [0.5, 0.6) is 34.5 Å². The van der Waals surface area contributed by atoms with Crippen LogP contribution < -0.4 is 20.9 Å². The van der Waals surface area contributed by atoms with Crippen molar-refractivity contribution >= 4 is 32.9 Å². The number of aromatic hydroxyl groups is 2. The number of nitrogens with two attached hydrogens (primary N) is 2. The minimum absolute atomic E-state index is 0.0224. The molecule has 194 valence electrons. The molecule has 0 atom stereocenters. The lowest BCUT2D eigenvalue weighted by molar-refractivity contribution is 0.465. The summed E-state index contributed by atoms with van der Waals surface area (Å²) in [6, 6.07) is 31.0. The van der Waals surface area contributed by atoms with Crippen molar-refractivity contribution in [3.8, 4) is 58.0 Å². The fourth-order valence-corrected chi connectivity index (χ4v) is 4.77. The summed E-state index contributed by atoms with van der Waals surface area (Å²) < 4.78 is 12.8. The van der Waals surface area contributed by atoms with Crippen molar-refractivity contribution in [2.24, 2.45) is 0 Å². The first-order valence-corrected chi connectivity index (χ1v) is 12.5. The smallest absolute Gasteiger partial charge is 0.138 e. The predicted molar refractivity (Wildman–Crippen MR) is 160 cm³/mol. The SMILES string of the molecule is C#Cc1ccc2ccc(Oc3ccc(O)c(N)c3)c(-c3c(Oc4ccc(O)c(N)c4)ccc4ccccc34)c2c1. The molecule has 0 heterocycles. The number of rotatable bonds is 5. The highest BCUT2D eigenvalue weighted by Gasteiger charge is 2.21. The molecule has 6 rings (SSSR count). The van der Waals surface area contributed by atoms with Gasteiger partial charge in [-0.25, -0.2) is 0 Å². The van der Waals surface area contributed by atoms with Gasteiger partial charge >= 0.3 is 0 Å². The Balaban J connectivity index is 1.66. The molecular formula is C34H24N2O4. The molecule has 6 aromatic rings. The van der Waals surface area contributed by atoms with Crippen molar-refractivity contribution in [2.45, 2.75) is 0 Å². The third-order valence-corrected chi connectivity index (χ3v) is 6.74. The highest BCUT2D eigenvalue weighted by molar-refractivity contribution is 6.10. The number of hydrogen-bond acceptors (Lipinski definition) is 6. The normalized spacial score (nSPS) is 10.9. The third-order valence-electron chi connectivity index (χ3n) is 6.74. The van der Waals surface area contributed by atoms with E-state index in [9.17, 15) is 10.2 Å². The molecule has 6 aromatic carbocycles. The molecule has 0 amide bonds. The zero-order chi connectivity index (χ0) is 27.8. The van der Waals surface area contributed by atoms with E-state index in [1.54, 1.807) is 24.3 Å². The van der Waals surface area contributed by atoms with Crippen LogP contribution in [0.4, 0.5) is 11.4 Å². The Morgan fingerprint density at radius 3 is 1.68 bits per heavy atom. The molecule has 0 saturated heterocycles. The highest BCUT2D eigenvalue weighted by Crippen LogP contribution is 2.48. The molecule has 0 fully saturated rings. The van der Waals surface area contributed by atoms with Gasteiger partial charge in [-0.15, -0.1) is 6.42 Å². The van der Waals surface area contributed by atoms with E-state index in [1.165, 1.54) is 12.1 Å². The summed E-state index contributed by atoms with van der Waals surface area (Å²) in [5.74, 6) is 4.69. The second-order valence-corrected chi connectivity index (χ2v) is 9.32. The first-order chi connectivity index (χ1) is 19.4. The number of ether oxygens (including phenoxy) is 2. The molecule has 0 unspecified atom stereocenters. The van der Waals surface area contributed by atoms with Gasteiger partial charge in [-0.1, -0.05) is 48.4 Å². The van der Waals surface area contributed by atoms with Gasteiger partial charge in [0.2, 0.25) is 0 Å². The highest BCUT2D eigenvalue weighted by atomic mass is 16.5. The van der Waals surface area contributed by atoms with Crippen LogP contribution in [0.1, 0.15) is 5.56 Å². The molecule has 0 radical (unpaired) electrons. The second kappa shape index (κ2) is 9.82. The van der Waals surface area contributed by atoms with E-state index in [4.69, 9.17) is 27.4 Å². The minimum Gasteiger partial charge on any atom is -0.506 e. The molecule has 0 saturated carbocycles. The van der Waals surface area contributed by atoms with Crippen LogP contribution in [0.3, 0.4) is 0 Å². The minimum atomic E-state index is -0.0253. The average molecular weight is 525 g/mol. The molecule has 0 aliphatic rings. The molecule has 0 bridgehead atoms. The lowest BCUT2D eigenvalue weighted by Crippen LogP contribution is -1.96. The van der Waals surface area contributed by atoms with Crippen LogP contribution in [0.15, 0.2) is 103 Å². The van der Waals surface area contributed by atoms with Gasteiger partial charge in [0.05, 0.1) is 11.4 Å². The van der Waals surface area contributed by atoms with Gasteiger partial charge in [0, 0.05) is 28.8 Å². The standard InChI is InChI=1S/C34H24N2O4/c1-2-20-7-8-22-10-16-32(40-24-12-14-30(38)28(36)19-24)34(26(22)17-20)33-25-6-4-3-5-21(25)9-15-31(33)39-23-11-13-29(37)27(35)18-23/h1,3-19,37-38H,35-36H2. The first kappa shape index (κ1) is 24.5. The number of anilines is 2. The first-order valence-electron chi connectivity index (χ1n) is 12.5. The van der Waals surface area contributed by atoms with Crippen molar-refractivity contribution in [3.63, 3.8) is 0 Å². The fraction of sp³-hybridized carbons (Fsp3) is 0. The lowest BCUT2D eigenvalue weighted by atomic mass is 9.91. The topological polar surface area (TPSA) is 111 Å². The monoisotopic (exact) mass is 524 g/mol. The Bertz CT molecular complexity index is 1970. The van der Waals surface area contributed by atoms with Gasteiger partial charge in [0.25, 0.3) is 0 Å². The molecule has 6 nitrogen and oxygen atoms in total. The van der Waals surface area contributed by atoms with E-state index in [2.05, 4.69) is 5.92 Å². The van der Waals surface area contributed by atoms with Crippen molar-refractivity contribution in [3.05, 3.63) is 109 Å². The number of hydrogen-bond donors (Lipinski definition) is 4. The molecule has 40 heavy (non-hydrogen) atoms. The van der Waals surface area contributed by atoms with Gasteiger partial charge in [-0.3, -0.25) is 0 Å². The number of phenols is 2. The largest absolute Gasteiger partial charge is 0.506 e. The van der Waals surface area contributed by atoms with Gasteiger partial charge in [0.15, 0.2) is 0 Å². The second-order valence-electron chi connectivity index (χ2n) is 9.32. The Labute approximate surface area is 230 Å². The van der Waals surface area contributed by atoms with E-state index in [0.29, 0.717) is 28.6 Å². The summed E-state index contributed by atoms with van der Waals surface area (Å²) in [7, 11) is 0. The van der Waals surface area contributed by atoms with Crippen LogP contribution in [-0.4, -0.2) is 10.2 Å². The van der Waals surface area contributed by atoms with Gasteiger partial charge in [0.1, 0.15) is 34.5 Å². The average Bonchev–Trinajstić information content (AvgIpc) is 2.97. The predicted octanol–water partition coefficient (Wildman–Crippen LogP) is 7.80. The Kier molecular flexibility index (Phi) is 6.02. The van der Waals surface area contributed by atoms with E-state index in [0.717, 1.165) is 32.7 Å². The van der Waals surface area contributed by atoms with Gasteiger partial charge < -0.3 is 31.2 Å². The molecule has 6 N–H and O–H groups in total. The van der Waals surface area contributed by atoms with Crippen molar-refractivity contribution in [2.75, 3.05) is 11.5 Å². The van der Waals surface area contributed by atoms with Crippen molar-refractivity contribution < 1.29 is 19.7 Å². The Hall–Kier alpha value is -5.80. The third kappa shape index (κ3) is 4.42. The summed E-state index contributed by atoms with van der Waals surface area (Å²) in [5.41, 5.74) is 14.6. The van der Waals surface area contributed by atoms with Crippen molar-refractivity contribution in [1.82, 2.24) is 0 Å². The number of fused-ring (bicyclic) bond motifs is 2. The molecule has 0 aliphatic carbocycles. The molecule has 6 heteroatoms. The number of benzene rings is 6. The Morgan fingerprint density at radius 1 is 0.575 bits per heavy atom. The molecular weight excluding hydrogens is 500 g/mol. The maximum absolute atomic E-state index is 9.93. The number of nitrogen functional groups attached to an aromatic ring is 2. The zero-order valence-corrected chi connectivity index (χ0v) is 21.3. The van der Waals surface area contributed by atoms with E-state index in [1.807, 2.05) is 66.7 Å². The quantitative estimate of drug-likeness (QED) is 0.104. The maximum Gasteiger partial charge on any atom is 0.138 e. The van der Waals surface area contributed by atoms with Crippen molar-refractivity contribution in [1.29, 1.82) is 0 Å². The maximum atomic E-state index is 9.93. The van der Waals surface area contributed by atoms with E-state index in [-0.39, 0.29) is 22.9 Å². The van der Waals surface area contributed by atoms with Gasteiger partial charge in [-0.05, 0) is 70.1 Å². The molecule has 0 aromatic heterocycles. The number of terminal acetylenes is 1. The summed E-state index contributed by atoms with van der Waals surface area (Å²) >= 11 is 0. The summed E-state index contributed by atoms with van der Waals surface area (Å²) in [6.45, 7) is 0. The van der Waals surface area contributed by atoms with Crippen LogP contribution in [-0.2, 0) is 0 Å². The zero-order valence-electron chi connectivity index (χ0n) is 21.3. The fourth-order valence-electron chi connectivity index (χ4n) is 4.77. The molecule has 0 aliphatic heterocycles. The Morgan fingerprint density at radius 2 is 1.10 bits per heavy atom. The molecule has 0 spiro atoms. The van der Waals surface area contributed by atoms with Crippen LogP contribution in [0, 0.1) is 12.3 Å². The van der Waals surface area contributed by atoms with Crippen LogP contribution in [0.2, 0.25) is 0 Å². The van der Waals surface area contributed by atoms with Gasteiger partial charge in [-0.2, -0.15) is 0 Å². The lowest BCUT2D eigenvalue weighted by Gasteiger charge is -2.20. The van der Waals surface area contributed by atoms with E-state index < -0.39 is 0 Å².